The van der Waals surface area contributed by atoms with Gasteiger partial charge >= 0.3 is 12.2 Å². The Morgan fingerprint density at radius 2 is 1.41 bits per heavy atom. The molecule has 1 spiro atoms. The van der Waals surface area contributed by atoms with Crippen molar-refractivity contribution < 1.29 is 28.7 Å². The molecule has 4 amide bonds. The van der Waals surface area contributed by atoms with Gasteiger partial charge in [-0.2, -0.15) is 0 Å². The monoisotopic (exact) mass is 894 g/mol. The average Bonchev–Trinajstić information content (AvgIpc) is 4.07. The normalized spacial score (nSPS) is 22.5. The maximum Gasteiger partial charge on any atom is 0.407 e. The van der Waals surface area contributed by atoms with Crippen molar-refractivity contribution in [3.05, 3.63) is 83.6 Å². The number of likely N-dealkylation sites (tertiary alicyclic amines) is 2. The molecule has 10 rings (SSSR count). The summed E-state index contributed by atoms with van der Waals surface area (Å²) < 4.78 is 9.67. The van der Waals surface area contributed by atoms with Crippen LogP contribution in [0.25, 0.3) is 44.5 Å². The van der Waals surface area contributed by atoms with E-state index in [1.165, 1.54) is 73.3 Å². The second kappa shape index (κ2) is 17.2. The summed E-state index contributed by atoms with van der Waals surface area (Å²) >= 11 is 0. The van der Waals surface area contributed by atoms with Crippen molar-refractivity contribution in [3.63, 3.8) is 0 Å². The average molecular weight is 895 g/mol. The number of aromatic nitrogens is 4. The predicted octanol–water partition coefficient (Wildman–Crippen LogP) is 9.13. The van der Waals surface area contributed by atoms with E-state index in [1.54, 1.807) is 0 Å². The van der Waals surface area contributed by atoms with E-state index in [9.17, 15) is 19.2 Å². The molecule has 6 atom stereocenters. The molecule has 2 saturated heterocycles. The summed E-state index contributed by atoms with van der Waals surface area (Å²) in [6.45, 7) is 8.33. The number of alkyl carbamates (subject to hydrolysis) is 2. The van der Waals surface area contributed by atoms with Crippen molar-refractivity contribution in [1.29, 1.82) is 0 Å². The SMILES string of the molecule is COC(=O)N[C@H](C(=O)N1CCC[C@H]1c1ncc(-c2ccc(-c3ccc(-c4ccc5nc([C@@H]6CC7CC7N6C(=O)[C@@H](NC(=O)OC)C(C)C)[nH]c5c4)c4c3CCC43CCCC3)cc2)[nH]1)C(C)C. The zero-order valence-corrected chi connectivity index (χ0v) is 38.9. The summed E-state index contributed by atoms with van der Waals surface area (Å²) in [6.07, 6.45) is 11.2. The van der Waals surface area contributed by atoms with Crippen molar-refractivity contribution in [2.24, 2.45) is 17.8 Å². The number of nitrogens with one attached hydrogen (secondary N) is 4. The fourth-order valence-electron chi connectivity index (χ4n) is 12.0. The molecule has 3 aromatic carbocycles. The second-order valence-electron chi connectivity index (χ2n) is 20.1. The van der Waals surface area contributed by atoms with Crippen molar-refractivity contribution in [2.45, 2.75) is 128 Å². The van der Waals surface area contributed by atoms with Gasteiger partial charge in [-0.25, -0.2) is 19.6 Å². The van der Waals surface area contributed by atoms with Gasteiger partial charge in [0, 0.05) is 12.6 Å². The molecule has 2 aliphatic heterocycles. The summed E-state index contributed by atoms with van der Waals surface area (Å²) in [4.78, 5) is 73.0. The van der Waals surface area contributed by atoms with E-state index in [1.807, 2.05) is 43.7 Å². The van der Waals surface area contributed by atoms with Gasteiger partial charge in [-0.15, -0.1) is 0 Å². The van der Waals surface area contributed by atoms with Crippen LogP contribution in [0.3, 0.4) is 0 Å². The van der Waals surface area contributed by atoms with Crippen LogP contribution in [0.15, 0.2) is 60.8 Å². The van der Waals surface area contributed by atoms with Gasteiger partial charge in [0.1, 0.15) is 23.7 Å². The Hall–Kier alpha value is -6.18. The Morgan fingerprint density at radius 3 is 2.11 bits per heavy atom. The van der Waals surface area contributed by atoms with Crippen LogP contribution in [0.1, 0.15) is 120 Å². The van der Waals surface area contributed by atoms with Gasteiger partial charge in [-0.3, -0.25) is 9.59 Å². The molecule has 5 aliphatic rings. The summed E-state index contributed by atoms with van der Waals surface area (Å²) in [5.74, 6) is 1.58. The number of H-pyrrole nitrogens is 2. The third kappa shape index (κ3) is 7.69. The van der Waals surface area contributed by atoms with E-state index < -0.39 is 24.3 Å². The molecule has 3 aliphatic carbocycles. The van der Waals surface area contributed by atoms with E-state index in [0.717, 1.165) is 72.5 Å². The first kappa shape index (κ1) is 43.7. The van der Waals surface area contributed by atoms with E-state index in [0.29, 0.717) is 12.5 Å². The molecule has 14 heteroatoms. The molecule has 0 bridgehead atoms. The number of nitrogens with zero attached hydrogens (tertiary/aromatic N) is 4. The number of methoxy groups -OCH3 is 2. The molecular formula is C52H62N8O6. The van der Waals surface area contributed by atoms with Gasteiger partial charge in [-0.05, 0) is 126 Å². The number of carbonyl (C=O) groups excluding carboxylic acids is 4. The third-order valence-corrected chi connectivity index (χ3v) is 15.5. The quantitative estimate of drug-likeness (QED) is 0.102. The summed E-state index contributed by atoms with van der Waals surface area (Å²) in [5, 5.41) is 5.52. The van der Waals surface area contributed by atoms with Crippen LogP contribution >= 0.6 is 0 Å². The van der Waals surface area contributed by atoms with Crippen molar-refractivity contribution in [1.82, 2.24) is 40.4 Å². The zero-order chi connectivity index (χ0) is 46.0. The van der Waals surface area contributed by atoms with Gasteiger partial charge in [0.05, 0.1) is 49.2 Å². The molecule has 2 aromatic heterocycles. The molecule has 4 fully saturated rings. The highest BCUT2D eigenvalue weighted by Gasteiger charge is 2.56. The molecule has 2 saturated carbocycles. The van der Waals surface area contributed by atoms with E-state index >= 15 is 0 Å². The van der Waals surface area contributed by atoms with Gasteiger partial charge in [0.2, 0.25) is 11.8 Å². The number of amides is 4. The van der Waals surface area contributed by atoms with Gasteiger partial charge in [0.25, 0.3) is 0 Å². The summed E-state index contributed by atoms with van der Waals surface area (Å²) in [7, 11) is 2.62. The van der Waals surface area contributed by atoms with Crippen LogP contribution in [-0.2, 0) is 30.9 Å². The Labute approximate surface area is 386 Å². The Bertz CT molecular complexity index is 2680. The molecule has 4 heterocycles. The predicted molar refractivity (Wildman–Crippen MR) is 251 cm³/mol. The number of piperidine rings is 1. The Morgan fingerprint density at radius 1 is 0.742 bits per heavy atom. The number of benzene rings is 3. The van der Waals surface area contributed by atoms with E-state index in [-0.39, 0.29) is 47.2 Å². The lowest BCUT2D eigenvalue weighted by molar-refractivity contribution is -0.137. The fraction of sp³-hybridized carbons (Fsp3) is 0.500. The lowest BCUT2D eigenvalue weighted by Crippen LogP contribution is -2.52. The number of fused-ring (bicyclic) bond motifs is 4. The molecule has 4 N–H and O–H groups in total. The highest BCUT2D eigenvalue weighted by Crippen LogP contribution is 2.56. The van der Waals surface area contributed by atoms with Crippen LogP contribution in [0.4, 0.5) is 9.59 Å². The third-order valence-electron chi connectivity index (χ3n) is 15.5. The van der Waals surface area contributed by atoms with Gasteiger partial charge in [0.15, 0.2) is 0 Å². The number of rotatable bonds is 11. The van der Waals surface area contributed by atoms with E-state index in [2.05, 4.69) is 75.2 Å². The van der Waals surface area contributed by atoms with E-state index in [4.69, 9.17) is 19.4 Å². The first-order valence-electron chi connectivity index (χ1n) is 24.0. The molecule has 66 heavy (non-hydrogen) atoms. The minimum atomic E-state index is -0.686. The minimum Gasteiger partial charge on any atom is -0.453 e. The number of carbonyl (C=O) groups is 4. The van der Waals surface area contributed by atoms with Gasteiger partial charge < -0.3 is 39.9 Å². The number of ether oxygens (including phenoxy) is 2. The Kier molecular flexibility index (Phi) is 11.4. The first-order valence-corrected chi connectivity index (χ1v) is 24.0. The number of imidazole rings is 2. The standard InChI is InChI=1S/C52H62N8O6/c1-28(2)44(57-50(63)65-5)48(61)59-23-9-10-40(59)46-53-27-39(56-46)31-13-11-30(12-14-31)34-16-17-35(43-36(34)19-22-52(43)20-7-8-21-52)32-15-18-37-38(24-32)55-47(54-37)42-26-33-25-41(33)60(42)49(62)45(29(3)4)58-51(64)66-6/h11-18,24,27-29,33,40-42,44-45H,7-10,19-23,25-26H2,1-6H3,(H,53,56)(H,54,55)(H,57,63)(H,58,64)/t33?,40-,41?,42-,44-,45-/m0/s1. The maximum absolute atomic E-state index is 14.1. The molecule has 0 radical (unpaired) electrons. The highest BCUT2D eigenvalue weighted by molar-refractivity contribution is 5.89. The molecular weight excluding hydrogens is 833 g/mol. The summed E-state index contributed by atoms with van der Waals surface area (Å²) in [5.41, 5.74) is 11.8. The van der Waals surface area contributed by atoms with Crippen LogP contribution in [0.2, 0.25) is 0 Å². The maximum atomic E-state index is 14.1. The lowest BCUT2D eigenvalue weighted by Gasteiger charge is -2.31. The van der Waals surface area contributed by atoms with Crippen LogP contribution < -0.4 is 10.6 Å². The van der Waals surface area contributed by atoms with Crippen LogP contribution in [0, 0.1) is 17.8 Å². The fourth-order valence-corrected chi connectivity index (χ4v) is 12.0. The van der Waals surface area contributed by atoms with Crippen molar-refractivity contribution in [3.8, 4) is 33.5 Å². The number of aromatic amines is 2. The van der Waals surface area contributed by atoms with Crippen molar-refractivity contribution >= 4 is 35.0 Å². The second-order valence-corrected chi connectivity index (χ2v) is 20.1. The zero-order valence-electron chi connectivity index (χ0n) is 38.9. The smallest absolute Gasteiger partial charge is 0.407 e. The van der Waals surface area contributed by atoms with Gasteiger partial charge in [-0.1, -0.05) is 83.0 Å². The number of hydrogen-bond donors (Lipinski definition) is 4. The molecule has 14 nitrogen and oxygen atoms in total. The molecule has 5 aromatic rings. The Balaban J connectivity index is 0.912. The van der Waals surface area contributed by atoms with Crippen molar-refractivity contribution in [2.75, 3.05) is 20.8 Å². The van der Waals surface area contributed by atoms with Crippen LogP contribution in [0.5, 0.6) is 0 Å². The minimum absolute atomic E-state index is 0.0806. The van der Waals surface area contributed by atoms with Crippen LogP contribution in [-0.4, -0.2) is 92.6 Å². The summed E-state index contributed by atoms with van der Waals surface area (Å²) in [6, 6.07) is 18.4. The first-order chi connectivity index (χ1) is 31.9. The topological polar surface area (TPSA) is 175 Å². The molecule has 346 valence electrons. The number of hydrogen-bond acceptors (Lipinski definition) is 8. The largest absolute Gasteiger partial charge is 0.453 e. The highest BCUT2D eigenvalue weighted by atomic mass is 16.5. The lowest BCUT2D eigenvalue weighted by atomic mass is 9.76. The molecule has 2 unspecified atom stereocenters.